The minimum Gasteiger partial charge on any atom is -0.486 e. The van der Waals surface area contributed by atoms with E-state index in [0.29, 0.717) is 46.5 Å². The van der Waals surface area contributed by atoms with E-state index in [9.17, 15) is 4.79 Å². The summed E-state index contributed by atoms with van der Waals surface area (Å²) in [5.74, 6) is 1.72. The molecule has 4 rings (SSSR count). The fourth-order valence-electron chi connectivity index (χ4n) is 2.56. The number of para-hydroxylation sites is 1. The standard InChI is InChI=1S/C18H13ClN2O3/c19-13(9-11-5-6-15-16(10-11)24-8-7-23-15)17-20-14-4-2-1-3-12(14)18(22)21-17/h1-6,9-10H,7-8H2,(H,20,21,22). The molecular weight excluding hydrogens is 328 g/mol. The third-order valence-corrected chi connectivity index (χ3v) is 3.99. The van der Waals surface area contributed by atoms with Crippen LogP contribution in [0.2, 0.25) is 0 Å². The van der Waals surface area contributed by atoms with Crippen LogP contribution in [0.15, 0.2) is 47.3 Å². The molecule has 120 valence electrons. The molecule has 0 amide bonds. The lowest BCUT2D eigenvalue weighted by Crippen LogP contribution is -2.15. The van der Waals surface area contributed by atoms with Crippen molar-refractivity contribution in [2.75, 3.05) is 13.2 Å². The van der Waals surface area contributed by atoms with Crippen molar-refractivity contribution in [3.05, 3.63) is 64.2 Å². The SMILES string of the molecule is O=c1[nH]c(C(Cl)=Cc2ccc3c(c2)OCCO3)nc2ccccc12. The number of aromatic amines is 1. The number of nitrogens with zero attached hydrogens (tertiary/aromatic N) is 1. The zero-order valence-electron chi connectivity index (χ0n) is 12.6. The van der Waals surface area contributed by atoms with Gasteiger partial charge >= 0.3 is 0 Å². The van der Waals surface area contributed by atoms with Crippen molar-refractivity contribution < 1.29 is 9.47 Å². The molecule has 0 saturated carbocycles. The van der Waals surface area contributed by atoms with Gasteiger partial charge in [-0.2, -0.15) is 0 Å². The zero-order valence-corrected chi connectivity index (χ0v) is 13.3. The Morgan fingerprint density at radius 2 is 1.92 bits per heavy atom. The van der Waals surface area contributed by atoms with E-state index >= 15 is 0 Å². The summed E-state index contributed by atoms with van der Waals surface area (Å²) in [5.41, 5.74) is 1.22. The van der Waals surface area contributed by atoms with Gasteiger partial charge in [-0.1, -0.05) is 29.8 Å². The molecule has 1 aromatic heterocycles. The van der Waals surface area contributed by atoms with Crippen molar-refractivity contribution in [2.24, 2.45) is 0 Å². The average Bonchev–Trinajstić information content (AvgIpc) is 2.61. The number of H-pyrrole nitrogens is 1. The highest BCUT2D eigenvalue weighted by atomic mass is 35.5. The van der Waals surface area contributed by atoms with Crippen LogP contribution < -0.4 is 15.0 Å². The number of hydrogen-bond donors (Lipinski definition) is 1. The number of hydrogen-bond acceptors (Lipinski definition) is 4. The predicted molar refractivity (Wildman–Crippen MR) is 93.5 cm³/mol. The lowest BCUT2D eigenvalue weighted by atomic mass is 10.1. The largest absolute Gasteiger partial charge is 0.486 e. The van der Waals surface area contributed by atoms with Crippen molar-refractivity contribution in [1.29, 1.82) is 0 Å². The van der Waals surface area contributed by atoms with E-state index in [2.05, 4.69) is 9.97 Å². The molecule has 6 heteroatoms. The average molecular weight is 341 g/mol. The van der Waals surface area contributed by atoms with Crippen LogP contribution in [0.4, 0.5) is 0 Å². The van der Waals surface area contributed by atoms with Crippen LogP contribution in [-0.2, 0) is 0 Å². The first-order valence-corrected chi connectivity index (χ1v) is 7.85. The summed E-state index contributed by atoms with van der Waals surface area (Å²) in [4.78, 5) is 19.2. The molecule has 0 bridgehead atoms. The smallest absolute Gasteiger partial charge is 0.259 e. The Kier molecular flexibility index (Phi) is 3.70. The Hall–Kier alpha value is -2.79. The van der Waals surface area contributed by atoms with Gasteiger partial charge in [-0.25, -0.2) is 4.98 Å². The van der Waals surface area contributed by atoms with Crippen LogP contribution >= 0.6 is 11.6 Å². The molecule has 0 spiro atoms. The van der Waals surface area contributed by atoms with E-state index in [1.807, 2.05) is 24.3 Å². The number of halogens is 1. The summed E-state index contributed by atoms with van der Waals surface area (Å²) >= 11 is 6.35. The Morgan fingerprint density at radius 1 is 1.12 bits per heavy atom. The molecule has 0 radical (unpaired) electrons. The van der Waals surface area contributed by atoms with Crippen molar-refractivity contribution in [3.8, 4) is 11.5 Å². The lowest BCUT2D eigenvalue weighted by molar-refractivity contribution is 0.171. The molecule has 5 nitrogen and oxygen atoms in total. The molecule has 2 heterocycles. The highest BCUT2D eigenvalue weighted by Crippen LogP contribution is 2.32. The van der Waals surface area contributed by atoms with Gasteiger partial charge in [0.2, 0.25) is 0 Å². The maximum Gasteiger partial charge on any atom is 0.259 e. The van der Waals surface area contributed by atoms with Gasteiger partial charge in [-0.05, 0) is 35.9 Å². The van der Waals surface area contributed by atoms with Gasteiger partial charge in [0.25, 0.3) is 5.56 Å². The summed E-state index contributed by atoms with van der Waals surface area (Å²) in [5, 5.41) is 0.875. The zero-order chi connectivity index (χ0) is 16.5. The fraction of sp³-hybridized carbons (Fsp3) is 0.111. The molecule has 0 aliphatic carbocycles. The molecule has 1 N–H and O–H groups in total. The summed E-state index contributed by atoms with van der Waals surface area (Å²) in [6.07, 6.45) is 1.73. The molecule has 0 fully saturated rings. The summed E-state index contributed by atoms with van der Waals surface area (Å²) < 4.78 is 11.1. The minimum absolute atomic E-state index is 0.218. The van der Waals surface area contributed by atoms with Gasteiger partial charge in [-0.3, -0.25) is 4.79 Å². The predicted octanol–water partition coefficient (Wildman–Crippen LogP) is 3.43. The molecule has 2 aromatic carbocycles. The van der Waals surface area contributed by atoms with Gasteiger partial charge in [-0.15, -0.1) is 0 Å². The summed E-state index contributed by atoms with van der Waals surface area (Å²) in [6, 6.07) is 12.7. The van der Waals surface area contributed by atoms with Crippen LogP contribution in [0.25, 0.3) is 22.0 Å². The van der Waals surface area contributed by atoms with E-state index in [1.54, 1.807) is 24.3 Å². The molecule has 0 saturated heterocycles. The number of rotatable bonds is 2. The summed E-state index contributed by atoms with van der Waals surface area (Å²) in [7, 11) is 0. The monoisotopic (exact) mass is 340 g/mol. The van der Waals surface area contributed by atoms with Crippen LogP contribution in [0, 0.1) is 0 Å². The van der Waals surface area contributed by atoms with Crippen LogP contribution in [0.3, 0.4) is 0 Å². The van der Waals surface area contributed by atoms with E-state index in [4.69, 9.17) is 21.1 Å². The maximum absolute atomic E-state index is 12.1. The van der Waals surface area contributed by atoms with Gasteiger partial charge < -0.3 is 14.5 Å². The first-order chi connectivity index (χ1) is 11.7. The van der Waals surface area contributed by atoms with Crippen molar-refractivity contribution >= 4 is 33.6 Å². The van der Waals surface area contributed by atoms with E-state index in [-0.39, 0.29) is 5.56 Å². The topological polar surface area (TPSA) is 64.2 Å². The number of ether oxygens (including phenoxy) is 2. The third kappa shape index (κ3) is 2.74. The highest BCUT2D eigenvalue weighted by molar-refractivity contribution is 6.50. The molecule has 3 aromatic rings. The Bertz CT molecular complexity index is 1010. The fourth-order valence-corrected chi connectivity index (χ4v) is 2.78. The molecule has 0 atom stereocenters. The Balaban J connectivity index is 1.74. The second kappa shape index (κ2) is 6.02. The third-order valence-electron chi connectivity index (χ3n) is 3.70. The van der Waals surface area contributed by atoms with Crippen molar-refractivity contribution in [3.63, 3.8) is 0 Å². The van der Waals surface area contributed by atoms with E-state index < -0.39 is 0 Å². The van der Waals surface area contributed by atoms with Crippen molar-refractivity contribution in [1.82, 2.24) is 9.97 Å². The first-order valence-electron chi connectivity index (χ1n) is 7.47. The number of nitrogens with one attached hydrogen (secondary N) is 1. The summed E-state index contributed by atoms with van der Waals surface area (Å²) in [6.45, 7) is 1.07. The normalized spacial score (nSPS) is 14.0. The molecule has 1 aliphatic heterocycles. The number of aromatic nitrogens is 2. The quantitative estimate of drug-likeness (QED) is 0.776. The van der Waals surface area contributed by atoms with Gasteiger partial charge in [0.1, 0.15) is 13.2 Å². The number of benzene rings is 2. The van der Waals surface area contributed by atoms with Crippen LogP contribution in [-0.4, -0.2) is 23.2 Å². The van der Waals surface area contributed by atoms with Crippen LogP contribution in [0.1, 0.15) is 11.4 Å². The molecule has 24 heavy (non-hydrogen) atoms. The van der Waals surface area contributed by atoms with Crippen molar-refractivity contribution in [2.45, 2.75) is 0 Å². The first kappa shape index (κ1) is 14.8. The molecular formula is C18H13ClN2O3. The lowest BCUT2D eigenvalue weighted by Gasteiger charge is -2.18. The second-order valence-corrected chi connectivity index (χ2v) is 5.73. The van der Waals surface area contributed by atoms with E-state index in [0.717, 1.165) is 5.56 Å². The van der Waals surface area contributed by atoms with E-state index in [1.165, 1.54) is 0 Å². The Labute approximate surface area is 142 Å². The van der Waals surface area contributed by atoms with Gasteiger partial charge in [0, 0.05) is 0 Å². The Morgan fingerprint density at radius 3 is 2.79 bits per heavy atom. The number of fused-ring (bicyclic) bond motifs is 2. The molecule has 1 aliphatic rings. The van der Waals surface area contributed by atoms with Gasteiger partial charge in [0.05, 0.1) is 15.9 Å². The minimum atomic E-state index is -0.218. The highest BCUT2D eigenvalue weighted by Gasteiger charge is 2.12. The van der Waals surface area contributed by atoms with Gasteiger partial charge in [0.15, 0.2) is 17.3 Å². The second-order valence-electron chi connectivity index (χ2n) is 5.33. The van der Waals surface area contributed by atoms with Crippen LogP contribution in [0.5, 0.6) is 11.5 Å². The molecule has 0 unspecified atom stereocenters. The maximum atomic E-state index is 12.1.